The van der Waals surface area contributed by atoms with E-state index >= 15 is 0 Å². The van der Waals surface area contributed by atoms with Crippen LogP contribution in [0.2, 0.25) is 0 Å². The molecule has 117 valence electrons. The highest BCUT2D eigenvalue weighted by Gasteiger charge is 2.15. The van der Waals surface area contributed by atoms with Gasteiger partial charge in [-0.05, 0) is 36.4 Å². The first-order valence-electron chi connectivity index (χ1n) is 7.87. The molecule has 0 saturated carbocycles. The molecule has 0 fully saturated rings. The van der Waals surface area contributed by atoms with Crippen LogP contribution in [-0.2, 0) is 13.0 Å². The van der Waals surface area contributed by atoms with Crippen LogP contribution in [0.4, 0.5) is 0 Å². The van der Waals surface area contributed by atoms with Crippen molar-refractivity contribution in [1.82, 2.24) is 9.55 Å². The second kappa shape index (κ2) is 5.81. The number of carbonyl (C=O) groups excluding carboxylic acids is 1. The van der Waals surface area contributed by atoms with E-state index < -0.39 is 5.91 Å². The summed E-state index contributed by atoms with van der Waals surface area (Å²) in [4.78, 5) is 16.2. The molecule has 4 nitrogen and oxygen atoms in total. The van der Waals surface area contributed by atoms with Gasteiger partial charge in [-0.25, -0.2) is 0 Å². The fourth-order valence-electron chi connectivity index (χ4n) is 3.23. The zero-order valence-electron chi connectivity index (χ0n) is 13.1. The number of aromatic nitrogens is 2. The molecule has 24 heavy (non-hydrogen) atoms. The first-order valence-corrected chi connectivity index (χ1v) is 7.87. The SMILES string of the molecule is NC(=O)c1cccc2c1c1[c]cccc1n2CCc1ccccn1. The summed E-state index contributed by atoms with van der Waals surface area (Å²) in [6.45, 7) is 0.775. The Morgan fingerprint density at radius 3 is 2.75 bits per heavy atom. The van der Waals surface area contributed by atoms with Crippen LogP contribution in [0.25, 0.3) is 21.8 Å². The van der Waals surface area contributed by atoms with Gasteiger partial charge in [-0.15, -0.1) is 0 Å². The second-order valence-corrected chi connectivity index (χ2v) is 5.72. The number of hydrogen-bond acceptors (Lipinski definition) is 2. The Hall–Kier alpha value is -3.14. The molecule has 0 saturated heterocycles. The maximum absolute atomic E-state index is 11.8. The minimum Gasteiger partial charge on any atom is -0.366 e. The molecule has 0 spiro atoms. The van der Waals surface area contributed by atoms with Crippen molar-refractivity contribution in [3.63, 3.8) is 0 Å². The summed E-state index contributed by atoms with van der Waals surface area (Å²) in [5.74, 6) is -0.415. The van der Waals surface area contributed by atoms with Crippen LogP contribution in [0.5, 0.6) is 0 Å². The largest absolute Gasteiger partial charge is 0.366 e. The monoisotopic (exact) mass is 314 g/mol. The number of rotatable bonds is 4. The van der Waals surface area contributed by atoms with Crippen LogP contribution in [0.1, 0.15) is 16.1 Å². The molecule has 1 amide bonds. The molecule has 4 rings (SSSR count). The smallest absolute Gasteiger partial charge is 0.249 e. The number of nitrogens with two attached hydrogens (primary N) is 1. The molecule has 0 atom stereocenters. The van der Waals surface area contributed by atoms with Gasteiger partial charge in [-0.3, -0.25) is 9.78 Å². The number of carbonyl (C=O) groups is 1. The minimum absolute atomic E-state index is 0.415. The zero-order valence-corrected chi connectivity index (χ0v) is 13.1. The molecule has 0 bridgehead atoms. The van der Waals surface area contributed by atoms with Gasteiger partial charge in [0, 0.05) is 52.2 Å². The topological polar surface area (TPSA) is 60.9 Å². The van der Waals surface area contributed by atoms with Crippen molar-refractivity contribution in [3.8, 4) is 0 Å². The van der Waals surface area contributed by atoms with Gasteiger partial charge in [0.15, 0.2) is 0 Å². The van der Waals surface area contributed by atoms with Gasteiger partial charge in [0.1, 0.15) is 0 Å². The summed E-state index contributed by atoms with van der Waals surface area (Å²) in [6.07, 6.45) is 2.62. The number of hydrogen-bond donors (Lipinski definition) is 1. The summed E-state index contributed by atoms with van der Waals surface area (Å²) in [5, 5.41) is 1.81. The average molecular weight is 314 g/mol. The summed E-state index contributed by atoms with van der Waals surface area (Å²) >= 11 is 0. The Balaban J connectivity index is 1.90. The normalized spacial score (nSPS) is 11.2. The standard InChI is InChI=1S/C20H16N3O/c21-20(24)16-8-5-10-18-19(16)15-7-1-2-9-17(15)23(18)13-11-14-6-3-4-12-22-14/h1-6,8-10,12H,11,13H2,(H2,21,24). The number of amides is 1. The Kier molecular flexibility index (Phi) is 3.50. The number of fused-ring (bicyclic) bond motifs is 3. The highest BCUT2D eigenvalue weighted by molar-refractivity contribution is 6.17. The summed E-state index contributed by atoms with van der Waals surface area (Å²) in [7, 11) is 0. The molecular formula is C20H16N3O. The molecule has 0 unspecified atom stereocenters. The Morgan fingerprint density at radius 2 is 1.96 bits per heavy atom. The fraction of sp³-hybridized carbons (Fsp3) is 0.100. The van der Waals surface area contributed by atoms with E-state index in [4.69, 9.17) is 5.73 Å². The Labute approximate surface area is 139 Å². The van der Waals surface area contributed by atoms with Crippen molar-refractivity contribution in [2.45, 2.75) is 13.0 Å². The predicted molar refractivity (Wildman–Crippen MR) is 94.7 cm³/mol. The van der Waals surface area contributed by atoms with Gasteiger partial charge in [0.2, 0.25) is 5.91 Å². The molecule has 4 aromatic rings. The van der Waals surface area contributed by atoms with Crippen molar-refractivity contribution < 1.29 is 4.79 Å². The molecule has 4 heteroatoms. The van der Waals surface area contributed by atoms with E-state index in [9.17, 15) is 4.79 Å². The molecule has 2 aromatic heterocycles. The van der Waals surface area contributed by atoms with Gasteiger partial charge in [-0.1, -0.05) is 24.3 Å². The number of nitrogens with zero attached hydrogens (tertiary/aromatic N) is 2. The van der Waals surface area contributed by atoms with Crippen LogP contribution in [0.15, 0.2) is 60.8 Å². The maximum Gasteiger partial charge on any atom is 0.249 e. The molecule has 1 radical (unpaired) electrons. The number of aryl methyl sites for hydroxylation is 2. The summed E-state index contributed by atoms with van der Waals surface area (Å²) < 4.78 is 2.21. The van der Waals surface area contributed by atoms with Crippen molar-refractivity contribution >= 4 is 27.7 Å². The van der Waals surface area contributed by atoms with Crippen molar-refractivity contribution in [2.24, 2.45) is 5.73 Å². The van der Waals surface area contributed by atoms with E-state index in [1.54, 1.807) is 12.3 Å². The van der Waals surface area contributed by atoms with Crippen LogP contribution in [0, 0.1) is 6.07 Å². The quantitative estimate of drug-likeness (QED) is 0.628. The second-order valence-electron chi connectivity index (χ2n) is 5.72. The van der Waals surface area contributed by atoms with Crippen LogP contribution < -0.4 is 5.73 Å². The van der Waals surface area contributed by atoms with Crippen LogP contribution in [-0.4, -0.2) is 15.5 Å². The predicted octanol–water partition coefficient (Wildman–Crippen LogP) is 3.33. The first kappa shape index (κ1) is 14.5. The number of primary amides is 1. The average Bonchev–Trinajstić information content (AvgIpc) is 2.94. The molecule has 2 aromatic carbocycles. The first-order chi connectivity index (χ1) is 11.8. The lowest BCUT2D eigenvalue weighted by molar-refractivity contribution is 0.100. The lowest BCUT2D eigenvalue weighted by Gasteiger charge is -2.07. The van der Waals surface area contributed by atoms with E-state index in [1.165, 1.54) is 0 Å². The molecule has 0 aliphatic carbocycles. The highest BCUT2D eigenvalue weighted by atomic mass is 16.1. The van der Waals surface area contributed by atoms with Crippen molar-refractivity contribution in [3.05, 3.63) is 78.1 Å². The number of pyridine rings is 1. The molecular weight excluding hydrogens is 298 g/mol. The summed E-state index contributed by atoms with van der Waals surface area (Å²) in [6, 6.07) is 20.7. The summed E-state index contributed by atoms with van der Waals surface area (Å²) in [5.41, 5.74) is 9.20. The van der Waals surface area contributed by atoms with E-state index in [-0.39, 0.29) is 0 Å². The third-order valence-corrected chi connectivity index (χ3v) is 4.29. The Bertz CT molecular complexity index is 1030. The van der Waals surface area contributed by atoms with E-state index in [1.807, 2.05) is 42.5 Å². The van der Waals surface area contributed by atoms with Crippen molar-refractivity contribution in [1.29, 1.82) is 0 Å². The van der Waals surface area contributed by atoms with Gasteiger partial charge >= 0.3 is 0 Å². The van der Waals surface area contributed by atoms with E-state index in [0.717, 1.165) is 40.5 Å². The van der Waals surface area contributed by atoms with Crippen LogP contribution >= 0.6 is 0 Å². The van der Waals surface area contributed by atoms with Crippen molar-refractivity contribution in [2.75, 3.05) is 0 Å². The molecule has 0 aliphatic rings. The van der Waals surface area contributed by atoms with Gasteiger partial charge < -0.3 is 10.3 Å². The van der Waals surface area contributed by atoms with Crippen LogP contribution in [0.3, 0.4) is 0 Å². The zero-order chi connectivity index (χ0) is 16.5. The van der Waals surface area contributed by atoms with Gasteiger partial charge in [-0.2, -0.15) is 0 Å². The third-order valence-electron chi connectivity index (χ3n) is 4.29. The highest BCUT2D eigenvalue weighted by Crippen LogP contribution is 2.31. The molecule has 0 aliphatic heterocycles. The molecule has 2 heterocycles. The fourth-order valence-corrected chi connectivity index (χ4v) is 3.23. The van der Waals surface area contributed by atoms with E-state index in [2.05, 4.69) is 21.7 Å². The minimum atomic E-state index is -0.415. The Morgan fingerprint density at radius 1 is 1.08 bits per heavy atom. The lowest BCUT2D eigenvalue weighted by atomic mass is 10.1. The lowest BCUT2D eigenvalue weighted by Crippen LogP contribution is -2.11. The molecule has 2 N–H and O–H groups in total. The third kappa shape index (κ3) is 2.33. The van der Waals surface area contributed by atoms with E-state index in [0.29, 0.717) is 5.56 Å². The maximum atomic E-state index is 11.8. The van der Waals surface area contributed by atoms with Gasteiger partial charge in [0.25, 0.3) is 0 Å². The number of benzene rings is 2. The van der Waals surface area contributed by atoms with Gasteiger partial charge in [0.05, 0.1) is 0 Å².